The average molecular weight is 215 g/mol. The van der Waals surface area contributed by atoms with E-state index in [1.54, 1.807) is 6.92 Å². The van der Waals surface area contributed by atoms with E-state index in [-0.39, 0.29) is 13.0 Å². The Hall–Kier alpha value is -1.47. The first kappa shape index (κ1) is 11.6. The fraction of sp³-hybridized carbons (Fsp3) is 0.625. The second-order valence-electron chi connectivity index (χ2n) is 3.25. The first-order valence-electron chi connectivity index (χ1n) is 4.43. The van der Waals surface area contributed by atoms with Crippen molar-refractivity contribution >= 4 is 17.6 Å². The topological polar surface area (TPSA) is 100 Å². The molecule has 3 N–H and O–H groups in total. The first-order chi connectivity index (χ1) is 7.03. The van der Waals surface area contributed by atoms with Crippen LogP contribution in [-0.4, -0.2) is 34.9 Å². The Bertz CT molecular complexity index is 315. The number of ether oxygens (including phenoxy) is 1. The van der Waals surface area contributed by atoms with E-state index in [1.807, 2.05) is 5.48 Å². The van der Waals surface area contributed by atoms with Crippen LogP contribution >= 0.6 is 0 Å². The molecule has 0 fully saturated rings. The second-order valence-corrected chi connectivity index (χ2v) is 3.25. The minimum absolute atomic E-state index is 0.0309. The number of hydroxylamine groups is 1. The van der Waals surface area contributed by atoms with Crippen LogP contribution in [0.4, 0.5) is 0 Å². The third-order valence-electron chi connectivity index (χ3n) is 2.30. The molecule has 0 saturated carbocycles. The summed E-state index contributed by atoms with van der Waals surface area (Å²) in [6.07, 6.45) is 0.129. The monoisotopic (exact) mass is 215 g/mol. The Labute approximate surface area is 86.4 Å². The summed E-state index contributed by atoms with van der Waals surface area (Å²) in [5, 5.41) is 12.7. The van der Waals surface area contributed by atoms with Crippen molar-refractivity contribution in [2.45, 2.75) is 25.8 Å². The largest absolute Gasteiger partial charge is 0.466 e. The van der Waals surface area contributed by atoms with Crippen LogP contribution in [0.2, 0.25) is 0 Å². The highest BCUT2D eigenvalue weighted by molar-refractivity contribution is 6.15. The van der Waals surface area contributed by atoms with Crippen molar-refractivity contribution in [3.05, 3.63) is 0 Å². The number of carbonyl (C=O) groups is 2. The Morgan fingerprint density at radius 2 is 2.40 bits per heavy atom. The number of rotatable bonds is 4. The Morgan fingerprint density at radius 1 is 1.73 bits per heavy atom. The molecular formula is C8H13N3O4. The molecule has 0 spiro atoms. The maximum absolute atomic E-state index is 11.4. The van der Waals surface area contributed by atoms with Gasteiger partial charge in [0.25, 0.3) is 5.91 Å². The fourth-order valence-electron chi connectivity index (χ4n) is 1.32. The van der Waals surface area contributed by atoms with Gasteiger partial charge in [-0.25, -0.2) is 5.43 Å². The smallest absolute Gasteiger partial charge is 0.302 e. The van der Waals surface area contributed by atoms with E-state index in [4.69, 9.17) is 9.94 Å². The lowest BCUT2D eigenvalue weighted by molar-refractivity contribution is -0.142. The molecule has 1 aliphatic rings. The summed E-state index contributed by atoms with van der Waals surface area (Å²) >= 11 is 0. The lowest BCUT2D eigenvalue weighted by Crippen LogP contribution is -2.56. The van der Waals surface area contributed by atoms with Crippen LogP contribution in [0.3, 0.4) is 0 Å². The van der Waals surface area contributed by atoms with Crippen LogP contribution in [0.1, 0.15) is 20.3 Å². The van der Waals surface area contributed by atoms with Crippen molar-refractivity contribution < 1.29 is 19.5 Å². The van der Waals surface area contributed by atoms with E-state index in [2.05, 4.69) is 10.5 Å². The van der Waals surface area contributed by atoms with E-state index in [0.29, 0.717) is 5.71 Å². The van der Waals surface area contributed by atoms with Crippen molar-refractivity contribution in [1.29, 1.82) is 0 Å². The van der Waals surface area contributed by atoms with E-state index in [9.17, 15) is 9.59 Å². The fourth-order valence-corrected chi connectivity index (χ4v) is 1.32. The van der Waals surface area contributed by atoms with Gasteiger partial charge < -0.3 is 9.94 Å². The van der Waals surface area contributed by atoms with Gasteiger partial charge in [-0.3, -0.25) is 9.59 Å². The van der Waals surface area contributed by atoms with Crippen LogP contribution in [0.25, 0.3) is 0 Å². The summed E-state index contributed by atoms with van der Waals surface area (Å²) in [7, 11) is 0. The molecule has 0 saturated heterocycles. The van der Waals surface area contributed by atoms with Gasteiger partial charge in [0.1, 0.15) is 0 Å². The number of carbonyl (C=O) groups excluding carboxylic acids is 2. The minimum Gasteiger partial charge on any atom is -0.466 e. The molecule has 84 valence electrons. The third-order valence-corrected chi connectivity index (χ3v) is 2.30. The molecule has 1 rings (SSSR count). The lowest BCUT2D eigenvalue weighted by atomic mass is 9.92. The lowest BCUT2D eigenvalue weighted by Gasteiger charge is -2.23. The Kier molecular flexibility index (Phi) is 3.38. The van der Waals surface area contributed by atoms with Crippen LogP contribution in [0, 0.1) is 0 Å². The predicted octanol–water partition coefficient (Wildman–Crippen LogP) is -0.837. The number of esters is 1. The molecule has 15 heavy (non-hydrogen) atoms. The van der Waals surface area contributed by atoms with Crippen molar-refractivity contribution in [2.75, 3.05) is 6.61 Å². The molecule has 0 aromatic carbocycles. The van der Waals surface area contributed by atoms with Gasteiger partial charge >= 0.3 is 5.97 Å². The summed E-state index contributed by atoms with van der Waals surface area (Å²) in [5.41, 5.74) is 3.27. The van der Waals surface area contributed by atoms with E-state index in [0.717, 1.165) is 0 Å². The van der Waals surface area contributed by atoms with Gasteiger partial charge in [-0.05, 0) is 6.92 Å². The maximum atomic E-state index is 11.4. The summed E-state index contributed by atoms with van der Waals surface area (Å²) < 4.78 is 4.70. The quantitative estimate of drug-likeness (QED) is 0.419. The molecule has 1 amide bonds. The van der Waals surface area contributed by atoms with E-state index in [1.165, 1.54) is 6.92 Å². The molecule has 1 aliphatic heterocycles. The van der Waals surface area contributed by atoms with E-state index >= 15 is 0 Å². The average Bonchev–Trinajstić information content (AvgIpc) is 2.45. The maximum Gasteiger partial charge on any atom is 0.302 e. The van der Waals surface area contributed by atoms with Crippen molar-refractivity contribution in [2.24, 2.45) is 5.10 Å². The van der Waals surface area contributed by atoms with Gasteiger partial charge in [0.2, 0.25) is 0 Å². The molecule has 1 atom stereocenters. The zero-order chi connectivity index (χ0) is 11.5. The zero-order valence-electron chi connectivity index (χ0n) is 8.53. The molecule has 1 heterocycles. The molecule has 0 radical (unpaired) electrons. The predicted molar refractivity (Wildman–Crippen MR) is 50.2 cm³/mol. The Morgan fingerprint density at radius 3 is 2.80 bits per heavy atom. The molecule has 7 heteroatoms. The van der Waals surface area contributed by atoms with Gasteiger partial charge in [-0.2, -0.15) is 10.6 Å². The second kappa shape index (κ2) is 4.37. The van der Waals surface area contributed by atoms with Crippen LogP contribution in [0.5, 0.6) is 0 Å². The van der Waals surface area contributed by atoms with Crippen LogP contribution in [-0.2, 0) is 14.3 Å². The number of hydrogen-bond donors (Lipinski definition) is 3. The highest BCUT2D eigenvalue weighted by Crippen LogP contribution is 2.17. The number of nitrogens with zero attached hydrogens (tertiary/aromatic N) is 1. The zero-order valence-corrected chi connectivity index (χ0v) is 8.53. The van der Waals surface area contributed by atoms with Crippen LogP contribution in [0.15, 0.2) is 5.10 Å². The SMILES string of the molecule is CC(=O)OCCC1(NO)C(=O)NN=C1C. The molecular weight excluding hydrogens is 202 g/mol. The van der Waals surface area contributed by atoms with Crippen molar-refractivity contribution in [3.63, 3.8) is 0 Å². The first-order valence-corrected chi connectivity index (χ1v) is 4.43. The number of nitrogens with one attached hydrogen (secondary N) is 2. The van der Waals surface area contributed by atoms with Crippen molar-refractivity contribution in [3.8, 4) is 0 Å². The molecule has 0 aliphatic carbocycles. The standard InChI is InChI=1S/C8H13N3O4/c1-5-8(11-14,7(13)10-9-5)3-4-15-6(2)12/h11,14H,3-4H2,1-2H3,(H,10,13). The number of hydrogen-bond acceptors (Lipinski definition) is 6. The van der Waals surface area contributed by atoms with Crippen LogP contribution < -0.4 is 10.9 Å². The highest BCUT2D eigenvalue weighted by atomic mass is 16.5. The summed E-state index contributed by atoms with van der Waals surface area (Å²) in [4.78, 5) is 22.0. The molecule has 7 nitrogen and oxygen atoms in total. The molecule has 0 aromatic heterocycles. The highest BCUT2D eigenvalue weighted by Gasteiger charge is 2.45. The molecule has 0 aromatic rings. The summed E-state index contributed by atoms with van der Waals surface area (Å²) in [6, 6.07) is 0. The number of amides is 1. The third kappa shape index (κ3) is 2.13. The van der Waals surface area contributed by atoms with E-state index < -0.39 is 17.4 Å². The van der Waals surface area contributed by atoms with Gasteiger partial charge in [0.15, 0.2) is 5.54 Å². The van der Waals surface area contributed by atoms with Gasteiger partial charge in [0, 0.05) is 13.3 Å². The van der Waals surface area contributed by atoms with Gasteiger partial charge in [0.05, 0.1) is 12.3 Å². The summed E-state index contributed by atoms with van der Waals surface area (Å²) in [6.45, 7) is 2.90. The Balaban J connectivity index is 2.65. The van der Waals surface area contributed by atoms with Gasteiger partial charge in [-0.1, -0.05) is 0 Å². The molecule has 0 bridgehead atoms. The number of hydrazone groups is 1. The molecule has 1 unspecified atom stereocenters. The van der Waals surface area contributed by atoms with Gasteiger partial charge in [-0.15, -0.1) is 0 Å². The van der Waals surface area contributed by atoms with Crippen molar-refractivity contribution in [1.82, 2.24) is 10.9 Å². The minimum atomic E-state index is -1.28. The normalized spacial score (nSPS) is 24.7. The summed E-state index contributed by atoms with van der Waals surface area (Å²) in [5.74, 6) is -0.897.